The predicted molar refractivity (Wildman–Crippen MR) is 48.1 cm³/mol. The van der Waals surface area contributed by atoms with Crippen LogP contribution in [-0.4, -0.2) is 20.8 Å². The van der Waals surface area contributed by atoms with Gasteiger partial charge in [-0.15, -0.1) is 0 Å². The van der Waals surface area contributed by atoms with Crippen molar-refractivity contribution in [1.29, 1.82) is 0 Å². The predicted octanol–water partition coefficient (Wildman–Crippen LogP) is 2.28. The summed E-state index contributed by atoms with van der Waals surface area (Å²) in [6.45, 7) is 2.38. The molecule has 1 aromatic heterocycles. The Balaban J connectivity index is 2.80. The summed E-state index contributed by atoms with van der Waals surface area (Å²) in [5.41, 5.74) is 0. The van der Waals surface area contributed by atoms with Gasteiger partial charge in [0.2, 0.25) is 6.10 Å². The maximum atomic E-state index is 12.2. The third kappa shape index (κ3) is 2.95. The number of aryl methyl sites for hydroxylation is 1. The minimum Gasteiger partial charge on any atom is -0.377 e. The molecule has 0 amide bonds. The molecule has 0 saturated carbocycles. The number of rotatable bonds is 4. The van der Waals surface area contributed by atoms with E-state index in [1.807, 2.05) is 6.92 Å². The lowest BCUT2D eigenvalue weighted by Gasteiger charge is -2.15. The second kappa shape index (κ2) is 4.65. The molecule has 0 spiro atoms. The Morgan fingerprint density at radius 1 is 1.53 bits per heavy atom. The first-order valence-electron chi connectivity index (χ1n) is 4.72. The molecule has 6 heteroatoms. The van der Waals surface area contributed by atoms with Crippen LogP contribution in [0.3, 0.4) is 0 Å². The molecule has 0 bridgehead atoms. The Hall–Kier alpha value is -1.04. The molecule has 0 fully saturated rings. The Kier molecular flexibility index (Phi) is 3.73. The number of nitrogens with zero attached hydrogens (tertiary/aromatic N) is 2. The Morgan fingerprint density at radius 2 is 2.20 bits per heavy atom. The quantitative estimate of drug-likeness (QED) is 0.848. The number of hydrogen-bond acceptors (Lipinski definition) is 2. The van der Waals surface area contributed by atoms with E-state index < -0.39 is 12.3 Å². The lowest BCUT2D eigenvalue weighted by molar-refractivity contribution is -0.209. The normalized spacial score (nSPS) is 14.2. The largest absolute Gasteiger partial charge is 0.421 e. The first-order valence-corrected chi connectivity index (χ1v) is 4.72. The summed E-state index contributed by atoms with van der Waals surface area (Å²) < 4.78 is 38.0. The van der Waals surface area contributed by atoms with Gasteiger partial charge < -0.3 is 9.67 Å². The topological polar surface area (TPSA) is 38.0 Å². The SMILES string of the molecule is CCCCn1ccnc1[C@H](O)C(F)(F)F. The highest BCUT2D eigenvalue weighted by Gasteiger charge is 2.41. The molecule has 86 valence electrons. The van der Waals surface area contributed by atoms with Crippen LogP contribution >= 0.6 is 0 Å². The van der Waals surface area contributed by atoms with Gasteiger partial charge in [-0.05, 0) is 6.42 Å². The van der Waals surface area contributed by atoms with Gasteiger partial charge in [-0.25, -0.2) is 4.98 Å². The number of aliphatic hydroxyl groups excluding tert-OH is 1. The molecule has 0 saturated heterocycles. The smallest absolute Gasteiger partial charge is 0.377 e. The van der Waals surface area contributed by atoms with E-state index in [0.29, 0.717) is 6.54 Å². The van der Waals surface area contributed by atoms with E-state index in [1.165, 1.54) is 17.0 Å². The molecule has 1 N–H and O–H groups in total. The highest BCUT2D eigenvalue weighted by Crippen LogP contribution is 2.31. The highest BCUT2D eigenvalue weighted by atomic mass is 19.4. The van der Waals surface area contributed by atoms with E-state index in [9.17, 15) is 13.2 Å². The van der Waals surface area contributed by atoms with Crippen molar-refractivity contribution >= 4 is 0 Å². The van der Waals surface area contributed by atoms with Crippen LogP contribution in [0.5, 0.6) is 0 Å². The van der Waals surface area contributed by atoms with Crippen molar-refractivity contribution in [2.45, 2.75) is 38.6 Å². The fourth-order valence-electron chi connectivity index (χ4n) is 1.23. The lowest BCUT2D eigenvalue weighted by atomic mass is 10.3. The zero-order chi connectivity index (χ0) is 11.5. The molecule has 0 aliphatic carbocycles. The van der Waals surface area contributed by atoms with E-state index in [1.54, 1.807) is 0 Å². The Morgan fingerprint density at radius 3 is 2.73 bits per heavy atom. The van der Waals surface area contributed by atoms with Gasteiger partial charge in [-0.3, -0.25) is 0 Å². The average Bonchev–Trinajstić information content (AvgIpc) is 2.59. The maximum absolute atomic E-state index is 12.2. The van der Waals surface area contributed by atoms with Gasteiger partial charge in [0.1, 0.15) is 5.82 Å². The second-order valence-electron chi connectivity index (χ2n) is 3.28. The molecule has 0 unspecified atom stereocenters. The molecule has 1 rings (SSSR count). The summed E-state index contributed by atoms with van der Waals surface area (Å²) in [6, 6.07) is 0. The lowest BCUT2D eigenvalue weighted by Crippen LogP contribution is -2.23. The fourth-order valence-corrected chi connectivity index (χ4v) is 1.23. The van der Waals surface area contributed by atoms with Crippen LogP contribution in [0.25, 0.3) is 0 Å². The monoisotopic (exact) mass is 222 g/mol. The summed E-state index contributed by atoms with van der Waals surface area (Å²) >= 11 is 0. The van der Waals surface area contributed by atoms with E-state index >= 15 is 0 Å². The van der Waals surface area contributed by atoms with Crippen molar-refractivity contribution in [3.8, 4) is 0 Å². The van der Waals surface area contributed by atoms with Gasteiger partial charge in [0.05, 0.1) is 0 Å². The molecular weight excluding hydrogens is 209 g/mol. The molecule has 1 atom stereocenters. The van der Waals surface area contributed by atoms with Crippen LogP contribution in [0.2, 0.25) is 0 Å². The standard InChI is InChI=1S/C9H13F3N2O/c1-2-3-5-14-6-4-13-8(14)7(15)9(10,11)12/h4,6-7,15H,2-3,5H2,1H3/t7-/m0/s1. The molecule has 0 aromatic carbocycles. The molecule has 0 radical (unpaired) electrons. The zero-order valence-electron chi connectivity index (χ0n) is 8.33. The third-order valence-corrected chi connectivity index (χ3v) is 2.05. The maximum Gasteiger partial charge on any atom is 0.421 e. The van der Waals surface area contributed by atoms with Crippen LogP contribution in [-0.2, 0) is 6.54 Å². The van der Waals surface area contributed by atoms with Gasteiger partial charge in [-0.2, -0.15) is 13.2 Å². The van der Waals surface area contributed by atoms with Gasteiger partial charge >= 0.3 is 6.18 Å². The fraction of sp³-hybridized carbons (Fsp3) is 0.667. The number of alkyl halides is 3. The number of aliphatic hydroxyl groups is 1. The van der Waals surface area contributed by atoms with Crippen LogP contribution in [0.1, 0.15) is 31.7 Å². The van der Waals surface area contributed by atoms with Crippen LogP contribution < -0.4 is 0 Å². The number of halogens is 3. The van der Waals surface area contributed by atoms with Gasteiger partial charge in [0.15, 0.2) is 0 Å². The van der Waals surface area contributed by atoms with E-state index in [-0.39, 0.29) is 5.82 Å². The van der Waals surface area contributed by atoms with Gasteiger partial charge in [-0.1, -0.05) is 13.3 Å². The van der Waals surface area contributed by atoms with Crippen molar-refractivity contribution in [2.75, 3.05) is 0 Å². The van der Waals surface area contributed by atoms with Crippen molar-refractivity contribution in [3.63, 3.8) is 0 Å². The molecular formula is C9H13F3N2O. The third-order valence-electron chi connectivity index (χ3n) is 2.05. The van der Waals surface area contributed by atoms with Crippen molar-refractivity contribution in [1.82, 2.24) is 9.55 Å². The number of hydrogen-bond donors (Lipinski definition) is 1. The molecule has 3 nitrogen and oxygen atoms in total. The molecule has 0 aliphatic rings. The zero-order valence-corrected chi connectivity index (χ0v) is 8.33. The van der Waals surface area contributed by atoms with Crippen molar-refractivity contribution < 1.29 is 18.3 Å². The highest BCUT2D eigenvalue weighted by molar-refractivity contribution is 4.99. The van der Waals surface area contributed by atoms with E-state index in [0.717, 1.165) is 12.8 Å². The summed E-state index contributed by atoms with van der Waals surface area (Å²) in [6.07, 6.45) is -2.81. The average molecular weight is 222 g/mol. The van der Waals surface area contributed by atoms with E-state index in [2.05, 4.69) is 4.98 Å². The van der Waals surface area contributed by atoms with Gasteiger partial charge in [0, 0.05) is 18.9 Å². The van der Waals surface area contributed by atoms with Crippen molar-refractivity contribution in [2.24, 2.45) is 0 Å². The molecule has 1 aromatic rings. The van der Waals surface area contributed by atoms with Gasteiger partial charge in [0.25, 0.3) is 0 Å². The Bertz CT molecular complexity index is 309. The van der Waals surface area contributed by atoms with E-state index in [4.69, 9.17) is 5.11 Å². The summed E-state index contributed by atoms with van der Waals surface area (Å²) in [5.74, 6) is -0.337. The van der Waals surface area contributed by atoms with Crippen LogP contribution in [0.15, 0.2) is 12.4 Å². The minimum absolute atomic E-state index is 0.337. The first-order chi connectivity index (χ1) is 6.96. The number of imidazole rings is 1. The number of unbranched alkanes of at least 4 members (excludes halogenated alkanes) is 1. The van der Waals surface area contributed by atoms with Crippen LogP contribution in [0.4, 0.5) is 13.2 Å². The number of aromatic nitrogens is 2. The molecule has 0 aliphatic heterocycles. The Labute approximate surface area is 85.6 Å². The second-order valence-corrected chi connectivity index (χ2v) is 3.28. The van der Waals surface area contributed by atoms with Crippen molar-refractivity contribution in [3.05, 3.63) is 18.2 Å². The minimum atomic E-state index is -4.66. The summed E-state index contributed by atoms with van der Waals surface area (Å²) in [5, 5.41) is 9.02. The molecule has 15 heavy (non-hydrogen) atoms. The summed E-state index contributed by atoms with van der Waals surface area (Å²) in [4.78, 5) is 3.53. The molecule has 1 heterocycles. The summed E-state index contributed by atoms with van der Waals surface area (Å²) in [7, 11) is 0. The first kappa shape index (κ1) is 12.0. The van der Waals surface area contributed by atoms with Crippen LogP contribution in [0, 0.1) is 0 Å².